The van der Waals surface area contributed by atoms with E-state index < -0.39 is 0 Å². The number of rotatable bonds is 5. The molecule has 0 bridgehead atoms. The Morgan fingerprint density at radius 3 is 3.20 bits per heavy atom. The van der Waals surface area contributed by atoms with Gasteiger partial charge in [-0.3, -0.25) is 15.0 Å². The van der Waals surface area contributed by atoms with Crippen LogP contribution in [0, 0.1) is 0 Å². The average molecular weight is 354 g/mol. The zero-order valence-corrected chi connectivity index (χ0v) is 14.4. The molecule has 4 heterocycles. The van der Waals surface area contributed by atoms with E-state index in [9.17, 15) is 4.79 Å². The molecule has 2 N–H and O–H groups in total. The number of H-pyrrole nitrogens is 1. The van der Waals surface area contributed by atoms with Crippen LogP contribution in [0.4, 0.5) is 5.13 Å². The van der Waals surface area contributed by atoms with Gasteiger partial charge in [0.1, 0.15) is 5.69 Å². The van der Waals surface area contributed by atoms with Gasteiger partial charge >= 0.3 is 0 Å². The first-order valence-corrected chi connectivity index (χ1v) is 9.06. The Morgan fingerprint density at radius 1 is 1.44 bits per heavy atom. The van der Waals surface area contributed by atoms with Gasteiger partial charge in [0, 0.05) is 30.0 Å². The quantitative estimate of drug-likeness (QED) is 0.736. The lowest BCUT2D eigenvalue weighted by Crippen LogP contribution is -2.24. The molecule has 1 amide bonds. The van der Waals surface area contributed by atoms with Gasteiger partial charge < -0.3 is 4.98 Å². The molecule has 4 rings (SSSR count). The number of anilines is 1. The summed E-state index contributed by atoms with van der Waals surface area (Å²) in [6.45, 7) is 1.82. The van der Waals surface area contributed by atoms with Crippen molar-refractivity contribution < 1.29 is 4.79 Å². The predicted octanol–water partition coefficient (Wildman–Crippen LogP) is 2.85. The molecule has 25 heavy (non-hydrogen) atoms. The van der Waals surface area contributed by atoms with Gasteiger partial charge in [-0.15, -0.1) is 11.3 Å². The summed E-state index contributed by atoms with van der Waals surface area (Å²) in [6, 6.07) is 5.85. The standard InChI is InChI=1S/C17H18N6OS/c24-16(22-17-19-6-8-25-17)14-4-1-3-13(21-14)15-5-2-7-23(15)10-12-9-18-11-20-12/h1,3-4,6,8-9,11,15H,2,5,7,10H2,(H,18,20)(H,19,22,24)/t15-/m1/s1. The Balaban J connectivity index is 1.51. The van der Waals surface area contributed by atoms with E-state index in [2.05, 4.69) is 30.2 Å². The molecule has 0 saturated carbocycles. The Bertz CT molecular complexity index is 833. The van der Waals surface area contributed by atoms with Crippen LogP contribution in [0.15, 0.2) is 42.3 Å². The lowest BCUT2D eigenvalue weighted by Gasteiger charge is -2.23. The maximum absolute atomic E-state index is 12.4. The van der Waals surface area contributed by atoms with Gasteiger partial charge in [0.25, 0.3) is 5.91 Å². The number of aromatic amines is 1. The van der Waals surface area contributed by atoms with Crippen LogP contribution in [0.1, 0.15) is 40.8 Å². The smallest absolute Gasteiger partial charge is 0.276 e. The lowest BCUT2D eigenvalue weighted by molar-refractivity contribution is 0.102. The molecule has 1 fully saturated rings. The number of thiazole rings is 1. The third-order valence-corrected chi connectivity index (χ3v) is 4.98. The summed E-state index contributed by atoms with van der Waals surface area (Å²) < 4.78 is 0. The Labute approximate surface area is 149 Å². The average Bonchev–Trinajstić information content (AvgIpc) is 3.38. The van der Waals surface area contributed by atoms with Crippen molar-refractivity contribution in [3.05, 3.63) is 59.4 Å². The third-order valence-electron chi connectivity index (χ3n) is 4.29. The number of hydrogen-bond donors (Lipinski definition) is 2. The summed E-state index contributed by atoms with van der Waals surface area (Å²) in [7, 11) is 0. The van der Waals surface area contributed by atoms with Crippen LogP contribution in [0.2, 0.25) is 0 Å². The van der Waals surface area contributed by atoms with Crippen LogP contribution in [0.25, 0.3) is 0 Å². The fourth-order valence-corrected chi connectivity index (χ4v) is 3.67. The van der Waals surface area contributed by atoms with Crippen LogP contribution in [0.3, 0.4) is 0 Å². The van der Waals surface area contributed by atoms with Crippen LogP contribution in [-0.4, -0.2) is 37.3 Å². The van der Waals surface area contributed by atoms with Gasteiger partial charge in [0.15, 0.2) is 5.13 Å². The molecule has 3 aromatic heterocycles. The van der Waals surface area contributed by atoms with E-state index in [-0.39, 0.29) is 11.9 Å². The number of pyridine rings is 1. The van der Waals surface area contributed by atoms with E-state index in [4.69, 9.17) is 0 Å². The molecule has 0 aliphatic carbocycles. The zero-order chi connectivity index (χ0) is 17.1. The number of nitrogens with zero attached hydrogens (tertiary/aromatic N) is 4. The molecule has 0 spiro atoms. The maximum Gasteiger partial charge on any atom is 0.276 e. The number of amides is 1. The predicted molar refractivity (Wildman–Crippen MR) is 95.3 cm³/mol. The van der Waals surface area contributed by atoms with Crippen molar-refractivity contribution in [1.29, 1.82) is 0 Å². The molecule has 8 heteroatoms. The molecular formula is C17H18N6OS. The van der Waals surface area contributed by atoms with Gasteiger partial charge in [0.05, 0.1) is 18.1 Å². The SMILES string of the molecule is O=C(Nc1nccs1)c1cccc([C@H]2CCCN2Cc2cnc[nH]2)n1. The summed E-state index contributed by atoms with van der Waals surface area (Å²) in [5.41, 5.74) is 2.44. The molecule has 1 atom stereocenters. The molecule has 1 aliphatic heterocycles. The Kier molecular flexibility index (Phi) is 4.53. The topological polar surface area (TPSA) is 86.8 Å². The highest BCUT2D eigenvalue weighted by Gasteiger charge is 2.28. The van der Waals surface area contributed by atoms with E-state index in [0.29, 0.717) is 10.8 Å². The number of aromatic nitrogens is 4. The van der Waals surface area contributed by atoms with Crippen LogP contribution >= 0.6 is 11.3 Å². The molecule has 0 aromatic carbocycles. The lowest BCUT2D eigenvalue weighted by atomic mass is 10.1. The number of hydrogen-bond acceptors (Lipinski definition) is 6. The first-order valence-electron chi connectivity index (χ1n) is 8.19. The fourth-order valence-electron chi connectivity index (χ4n) is 3.15. The van der Waals surface area contributed by atoms with E-state index in [0.717, 1.165) is 37.3 Å². The van der Waals surface area contributed by atoms with Gasteiger partial charge in [0.2, 0.25) is 0 Å². The van der Waals surface area contributed by atoms with Crippen LogP contribution in [0.5, 0.6) is 0 Å². The molecule has 3 aromatic rings. The highest BCUT2D eigenvalue weighted by atomic mass is 32.1. The summed E-state index contributed by atoms with van der Waals surface area (Å²) in [4.78, 5) is 30.7. The van der Waals surface area contributed by atoms with Crippen LogP contribution in [-0.2, 0) is 6.54 Å². The minimum Gasteiger partial charge on any atom is -0.347 e. The summed E-state index contributed by atoms with van der Waals surface area (Å²) >= 11 is 1.39. The van der Waals surface area contributed by atoms with Crippen molar-refractivity contribution in [2.45, 2.75) is 25.4 Å². The van der Waals surface area contributed by atoms with Gasteiger partial charge in [-0.2, -0.15) is 0 Å². The molecule has 7 nitrogen and oxygen atoms in total. The molecule has 0 unspecified atom stereocenters. The first-order chi connectivity index (χ1) is 12.3. The third kappa shape index (κ3) is 3.59. The fraction of sp³-hybridized carbons (Fsp3) is 0.294. The number of carbonyl (C=O) groups excluding carboxylic acids is 1. The van der Waals surface area contributed by atoms with Crippen LogP contribution < -0.4 is 5.32 Å². The minimum absolute atomic E-state index is 0.218. The zero-order valence-electron chi connectivity index (χ0n) is 13.6. The van der Waals surface area contributed by atoms with E-state index >= 15 is 0 Å². The molecular weight excluding hydrogens is 336 g/mol. The van der Waals surface area contributed by atoms with Crippen molar-refractivity contribution >= 4 is 22.4 Å². The number of carbonyl (C=O) groups is 1. The summed E-state index contributed by atoms with van der Waals surface area (Å²) in [6.07, 6.45) is 7.37. The number of likely N-dealkylation sites (tertiary alicyclic amines) is 1. The largest absolute Gasteiger partial charge is 0.347 e. The highest BCUT2D eigenvalue weighted by molar-refractivity contribution is 7.13. The van der Waals surface area contributed by atoms with Gasteiger partial charge in [-0.05, 0) is 31.5 Å². The van der Waals surface area contributed by atoms with Crippen molar-refractivity contribution in [2.75, 3.05) is 11.9 Å². The van der Waals surface area contributed by atoms with E-state index in [1.165, 1.54) is 11.3 Å². The van der Waals surface area contributed by atoms with E-state index in [1.807, 2.05) is 23.7 Å². The van der Waals surface area contributed by atoms with Crippen molar-refractivity contribution in [3.8, 4) is 0 Å². The van der Waals surface area contributed by atoms with Crippen molar-refractivity contribution in [1.82, 2.24) is 24.8 Å². The Hall–Kier alpha value is -2.58. The molecule has 1 saturated heterocycles. The number of imidazole rings is 1. The first kappa shape index (κ1) is 15.9. The molecule has 0 radical (unpaired) electrons. The second kappa shape index (κ2) is 7.12. The van der Waals surface area contributed by atoms with Gasteiger partial charge in [-0.25, -0.2) is 15.0 Å². The van der Waals surface area contributed by atoms with Crippen molar-refractivity contribution in [2.24, 2.45) is 0 Å². The molecule has 1 aliphatic rings. The second-order valence-electron chi connectivity index (χ2n) is 5.94. The van der Waals surface area contributed by atoms with E-state index in [1.54, 1.807) is 18.6 Å². The Morgan fingerprint density at radius 2 is 2.40 bits per heavy atom. The number of nitrogens with one attached hydrogen (secondary N) is 2. The maximum atomic E-state index is 12.4. The highest BCUT2D eigenvalue weighted by Crippen LogP contribution is 2.32. The monoisotopic (exact) mass is 354 g/mol. The minimum atomic E-state index is -0.227. The van der Waals surface area contributed by atoms with Gasteiger partial charge in [-0.1, -0.05) is 6.07 Å². The summed E-state index contributed by atoms with van der Waals surface area (Å²) in [5, 5.41) is 5.19. The van der Waals surface area contributed by atoms with Crippen molar-refractivity contribution in [3.63, 3.8) is 0 Å². The summed E-state index contributed by atoms with van der Waals surface area (Å²) in [5.74, 6) is -0.227. The second-order valence-corrected chi connectivity index (χ2v) is 6.84. The molecule has 128 valence electrons. The normalized spacial score (nSPS) is 17.7.